The number of benzene rings is 1. The van der Waals surface area contributed by atoms with Gasteiger partial charge in [-0.15, -0.1) is 0 Å². The van der Waals surface area contributed by atoms with E-state index in [0.29, 0.717) is 25.3 Å². The number of methoxy groups -OCH3 is 1. The molecule has 9 heteroatoms. The molecule has 9 nitrogen and oxygen atoms in total. The van der Waals surface area contributed by atoms with Crippen molar-refractivity contribution < 1.29 is 19.4 Å². The van der Waals surface area contributed by atoms with Crippen LogP contribution >= 0.6 is 0 Å². The molecule has 0 fully saturated rings. The first kappa shape index (κ1) is 27.6. The molecule has 2 aromatic heterocycles. The Bertz CT molecular complexity index is 1230. The van der Waals surface area contributed by atoms with E-state index in [1.807, 2.05) is 38.1 Å². The molecule has 0 saturated heterocycles. The number of imidazole rings is 1. The fourth-order valence-corrected chi connectivity index (χ4v) is 4.23. The van der Waals surface area contributed by atoms with Crippen molar-refractivity contribution in [3.05, 3.63) is 51.9 Å². The standard InChI is InChI=1S/C27H38N4O5/c1-16(2)14-36-27(34)24(19(5)32)28-12-20-8-9-22-23(11-20)31(18(4)15-35-7)25(29-22)21-10-17(3)26(33)30(6)13-21/h8-11,13,16,18-19,24,28,32H,12,14-15H2,1-7H3/t18-,19+,24-/m0/s1. The number of carbonyl (C=O) groups is 1. The maximum Gasteiger partial charge on any atom is 0.325 e. The molecule has 2 N–H and O–H groups in total. The van der Waals surface area contributed by atoms with Gasteiger partial charge >= 0.3 is 5.97 Å². The Balaban J connectivity index is 1.97. The molecule has 196 valence electrons. The van der Waals surface area contributed by atoms with Gasteiger partial charge in [0.05, 0.1) is 36.4 Å². The predicted octanol–water partition coefficient (Wildman–Crippen LogP) is 2.96. The fraction of sp³-hybridized carbons (Fsp3) is 0.519. The topological polar surface area (TPSA) is 108 Å². The number of hydrogen-bond donors (Lipinski definition) is 2. The minimum Gasteiger partial charge on any atom is -0.464 e. The van der Waals surface area contributed by atoms with Gasteiger partial charge in [-0.1, -0.05) is 19.9 Å². The van der Waals surface area contributed by atoms with Gasteiger partial charge in [0.1, 0.15) is 11.9 Å². The number of carbonyl (C=O) groups excluding carboxylic acids is 1. The zero-order chi connectivity index (χ0) is 26.6. The van der Waals surface area contributed by atoms with Crippen molar-refractivity contribution in [2.45, 2.75) is 59.4 Å². The summed E-state index contributed by atoms with van der Waals surface area (Å²) >= 11 is 0. The molecule has 0 spiro atoms. The van der Waals surface area contributed by atoms with Gasteiger partial charge in [-0.2, -0.15) is 0 Å². The molecule has 1 aromatic carbocycles. The quantitative estimate of drug-likeness (QED) is 0.391. The maximum atomic E-state index is 12.5. The zero-order valence-corrected chi connectivity index (χ0v) is 22.2. The van der Waals surface area contributed by atoms with E-state index in [0.717, 1.165) is 28.0 Å². The number of aliphatic hydroxyl groups is 1. The first-order valence-corrected chi connectivity index (χ1v) is 12.3. The van der Waals surface area contributed by atoms with Gasteiger partial charge in [-0.05, 0) is 50.5 Å². The number of aliphatic hydroxyl groups excluding tert-OH is 1. The zero-order valence-electron chi connectivity index (χ0n) is 22.2. The highest BCUT2D eigenvalue weighted by Crippen LogP contribution is 2.29. The number of ether oxygens (including phenoxy) is 2. The van der Waals surface area contributed by atoms with E-state index in [4.69, 9.17) is 14.5 Å². The van der Waals surface area contributed by atoms with Crippen molar-refractivity contribution in [1.82, 2.24) is 19.4 Å². The van der Waals surface area contributed by atoms with Gasteiger partial charge in [-0.3, -0.25) is 14.9 Å². The van der Waals surface area contributed by atoms with Crippen LogP contribution in [0.5, 0.6) is 0 Å². The maximum absolute atomic E-state index is 12.5. The van der Waals surface area contributed by atoms with E-state index >= 15 is 0 Å². The first-order chi connectivity index (χ1) is 17.0. The molecular weight excluding hydrogens is 460 g/mol. The van der Waals surface area contributed by atoms with Crippen LogP contribution in [0.15, 0.2) is 35.3 Å². The van der Waals surface area contributed by atoms with E-state index in [-0.39, 0.29) is 17.5 Å². The van der Waals surface area contributed by atoms with Crippen LogP contribution < -0.4 is 10.9 Å². The molecule has 0 saturated carbocycles. The van der Waals surface area contributed by atoms with Gasteiger partial charge < -0.3 is 23.7 Å². The van der Waals surface area contributed by atoms with Gasteiger partial charge in [0.15, 0.2) is 0 Å². The smallest absolute Gasteiger partial charge is 0.325 e. The average molecular weight is 499 g/mol. The van der Waals surface area contributed by atoms with Crippen LogP contribution in [0.4, 0.5) is 0 Å². The van der Waals surface area contributed by atoms with Crippen LogP contribution in [0.1, 0.15) is 44.9 Å². The average Bonchev–Trinajstić information content (AvgIpc) is 3.20. The lowest BCUT2D eigenvalue weighted by Gasteiger charge is -2.21. The monoisotopic (exact) mass is 498 g/mol. The number of pyridine rings is 1. The Morgan fingerprint density at radius 2 is 1.89 bits per heavy atom. The molecule has 0 aliphatic carbocycles. The van der Waals surface area contributed by atoms with Crippen molar-refractivity contribution in [2.24, 2.45) is 13.0 Å². The molecule has 3 atom stereocenters. The highest BCUT2D eigenvalue weighted by atomic mass is 16.5. The van der Waals surface area contributed by atoms with Gasteiger partial charge in [0.2, 0.25) is 0 Å². The largest absolute Gasteiger partial charge is 0.464 e. The van der Waals surface area contributed by atoms with Crippen molar-refractivity contribution in [1.29, 1.82) is 0 Å². The van der Waals surface area contributed by atoms with Crippen molar-refractivity contribution in [3.8, 4) is 11.4 Å². The lowest BCUT2D eigenvalue weighted by Crippen LogP contribution is -2.45. The summed E-state index contributed by atoms with van der Waals surface area (Å²) in [6.07, 6.45) is 0.894. The summed E-state index contributed by atoms with van der Waals surface area (Å²) in [6, 6.07) is 6.92. The molecule has 0 aliphatic heterocycles. The molecule has 0 unspecified atom stereocenters. The summed E-state index contributed by atoms with van der Waals surface area (Å²) in [4.78, 5) is 29.6. The number of rotatable bonds is 11. The van der Waals surface area contributed by atoms with E-state index in [1.165, 1.54) is 0 Å². The molecule has 2 heterocycles. The summed E-state index contributed by atoms with van der Waals surface area (Å²) < 4.78 is 14.5. The van der Waals surface area contributed by atoms with Gasteiger partial charge in [0, 0.05) is 38.0 Å². The number of hydrogen-bond acceptors (Lipinski definition) is 7. The van der Waals surface area contributed by atoms with E-state index in [1.54, 1.807) is 38.8 Å². The number of nitrogens with zero attached hydrogens (tertiary/aromatic N) is 3. The SMILES string of the molecule is COC[C@H](C)n1c(-c2cc(C)c(=O)n(C)c2)nc2ccc(CN[C@H](C(=O)OCC(C)C)[C@@H](C)O)cc21. The van der Waals surface area contributed by atoms with Crippen LogP contribution in [0.2, 0.25) is 0 Å². The van der Waals surface area contributed by atoms with Crippen molar-refractivity contribution in [2.75, 3.05) is 20.3 Å². The summed E-state index contributed by atoms with van der Waals surface area (Å²) in [5.74, 6) is 0.494. The molecule has 0 amide bonds. The summed E-state index contributed by atoms with van der Waals surface area (Å²) in [7, 11) is 3.40. The van der Waals surface area contributed by atoms with E-state index in [2.05, 4.69) is 16.8 Å². The Labute approximate surface area is 212 Å². The normalized spacial score (nSPS) is 14.2. The number of fused-ring (bicyclic) bond motifs is 1. The molecule has 0 radical (unpaired) electrons. The van der Waals surface area contributed by atoms with Crippen LogP contribution in [0.25, 0.3) is 22.4 Å². The van der Waals surface area contributed by atoms with Crippen LogP contribution in [0, 0.1) is 12.8 Å². The third kappa shape index (κ3) is 6.21. The molecule has 0 bridgehead atoms. The van der Waals surface area contributed by atoms with Crippen LogP contribution in [0.3, 0.4) is 0 Å². The van der Waals surface area contributed by atoms with Crippen molar-refractivity contribution >= 4 is 17.0 Å². The number of esters is 1. The lowest BCUT2D eigenvalue weighted by atomic mass is 10.1. The number of nitrogens with one attached hydrogen (secondary N) is 1. The lowest BCUT2D eigenvalue weighted by molar-refractivity contribution is -0.150. The summed E-state index contributed by atoms with van der Waals surface area (Å²) in [5, 5.41) is 13.3. The highest BCUT2D eigenvalue weighted by Gasteiger charge is 2.25. The van der Waals surface area contributed by atoms with Crippen LogP contribution in [-0.2, 0) is 27.9 Å². The Morgan fingerprint density at radius 3 is 2.50 bits per heavy atom. The molecule has 3 aromatic rings. The Kier molecular flexibility index (Phi) is 9.05. The predicted molar refractivity (Wildman–Crippen MR) is 140 cm³/mol. The number of aryl methyl sites for hydroxylation is 2. The minimum absolute atomic E-state index is 0.0213. The third-order valence-corrected chi connectivity index (χ3v) is 6.04. The molecule has 36 heavy (non-hydrogen) atoms. The van der Waals surface area contributed by atoms with Crippen LogP contribution in [-0.4, -0.2) is 57.7 Å². The third-order valence-electron chi connectivity index (χ3n) is 6.04. The second-order valence-corrected chi connectivity index (χ2v) is 9.88. The second kappa shape index (κ2) is 11.8. The van der Waals surface area contributed by atoms with E-state index < -0.39 is 18.1 Å². The fourth-order valence-electron chi connectivity index (χ4n) is 4.23. The molecule has 3 rings (SSSR count). The van der Waals surface area contributed by atoms with Gasteiger partial charge in [-0.25, -0.2) is 4.98 Å². The van der Waals surface area contributed by atoms with Gasteiger partial charge in [0.25, 0.3) is 5.56 Å². The van der Waals surface area contributed by atoms with E-state index in [9.17, 15) is 14.7 Å². The summed E-state index contributed by atoms with van der Waals surface area (Å²) in [5.41, 5.74) is 4.10. The number of aromatic nitrogens is 3. The summed E-state index contributed by atoms with van der Waals surface area (Å²) in [6.45, 7) is 10.5. The highest BCUT2D eigenvalue weighted by molar-refractivity contribution is 5.82. The van der Waals surface area contributed by atoms with Crippen molar-refractivity contribution in [3.63, 3.8) is 0 Å². The minimum atomic E-state index is -0.903. The Morgan fingerprint density at radius 1 is 1.17 bits per heavy atom. The second-order valence-electron chi connectivity index (χ2n) is 9.88. The molecular formula is C27H38N4O5. The molecule has 0 aliphatic rings. The Hall–Kier alpha value is -3.01. The first-order valence-electron chi connectivity index (χ1n) is 12.3.